The van der Waals surface area contributed by atoms with Crippen LogP contribution in [-0.2, 0) is 0 Å². The van der Waals surface area contributed by atoms with Crippen LogP contribution >= 0.6 is 0 Å². The van der Waals surface area contributed by atoms with E-state index in [1.807, 2.05) is 31.2 Å². The Morgan fingerprint density at radius 1 is 1.05 bits per heavy atom. The lowest BCUT2D eigenvalue weighted by molar-refractivity contribution is 0.479. The molecule has 0 radical (unpaired) electrons. The van der Waals surface area contributed by atoms with Crippen LogP contribution in [0.3, 0.4) is 0 Å². The number of ether oxygens (including phenoxy) is 1. The average molecular weight is 270 g/mol. The summed E-state index contributed by atoms with van der Waals surface area (Å²) in [5, 5.41) is 0. The fraction of sp³-hybridized carbons (Fsp3) is 0.353. The summed E-state index contributed by atoms with van der Waals surface area (Å²) in [7, 11) is 0. The quantitative estimate of drug-likeness (QED) is 0.875. The third-order valence-electron chi connectivity index (χ3n) is 3.52. The molecule has 0 amide bonds. The predicted molar refractivity (Wildman–Crippen MR) is 82.1 cm³/mol. The highest BCUT2D eigenvalue weighted by Crippen LogP contribution is 2.25. The van der Waals surface area contributed by atoms with E-state index in [0.717, 1.165) is 23.6 Å². The second-order valence-electron chi connectivity index (χ2n) is 5.19. The zero-order chi connectivity index (χ0) is 14.5. The molecule has 0 saturated carbocycles. The number of pyridine rings is 1. The maximum Gasteiger partial charge on any atom is 0.145 e. The summed E-state index contributed by atoms with van der Waals surface area (Å²) in [5.41, 5.74) is 7.97. The van der Waals surface area contributed by atoms with Crippen molar-refractivity contribution < 1.29 is 4.74 Å². The lowest BCUT2D eigenvalue weighted by atomic mass is 9.99. The third-order valence-corrected chi connectivity index (χ3v) is 3.52. The lowest BCUT2D eigenvalue weighted by Crippen LogP contribution is -2.06. The van der Waals surface area contributed by atoms with Gasteiger partial charge in [-0.25, -0.2) is 0 Å². The van der Waals surface area contributed by atoms with Crippen molar-refractivity contribution in [2.45, 2.75) is 39.2 Å². The van der Waals surface area contributed by atoms with Crippen LogP contribution in [0.2, 0.25) is 0 Å². The second kappa shape index (κ2) is 6.53. The van der Waals surface area contributed by atoms with Crippen LogP contribution in [0.5, 0.6) is 11.5 Å². The molecule has 0 aliphatic rings. The first-order valence-electron chi connectivity index (χ1n) is 7.09. The largest absolute Gasteiger partial charge is 0.456 e. The van der Waals surface area contributed by atoms with Gasteiger partial charge >= 0.3 is 0 Å². The summed E-state index contributed by atoms with van der Waals surface area (Å²) < 4.78 is 5.78. The molecule has 106 valence electrons. The molecule has 0 saturated heterocycles. The van der Waals surface area contributed by atoms with E-state index in [4.69, 9.17) is 10.5 Å². The fourth-order valence-electron chi connectivity index (χ4n) is 1.96. The zero-order valence-electron chi connectivity index (χ0n) is 12.3. The summed E-state index contributed by atoms with van der Waals surface area (Å²) in [4.78, 5) is 4.28. The Labute approximate surface area is 120 Å². The van der Waals surface area contributed by atoms with Crippen molar-refractivity contribution in [3.63, 3.8) is 0 Å². The summed E-state index contributed by atoms with van der Waals surface area (Å²) in [5.74, 6) is 2.13. The Morgan fingerprint density at radius 3 is 2.20 bits per heavy atom. The number of nitrogens with zero attached hydrogens (tertiary/aromatic N) is 1. The van der Waals surface area contributed by atoms with E-state index in [0.29, 0.717) is 5.92 Å². The topological polar surface area (TPSA) is 48.1 Å². The molecule has 2 N–H and O–H groups in total. The van der Waals surface area contributed by atoms with Crippen LogP contribution in [0.15, 0.2) is 42.6 Å². The molecule has 0 fully saturated rings. The molecule has 1 aromatic carbocycles. The number of hydrogen-bond donors (Lipinski definition) is 1. The van der Waals surface area contributed by atoms with Gasteiger partial charge < -0.3 is 10.5 Å². The molecule has 1 heterocycles. The molecule has 0 aliphatic heterocycles. The summed E-state index contributed by atoms with van der Waals surface area (Å²) in [6, 6.07) is 12.0. The molecular formula is C17H22N2O. The van der Waals surface area contributed by atoms with Crippen molar-refractivity contribution in [1.82, 2.24) is 4.98 Å². The second-order valence-corrected chi connectivity index (χ2v) is 5.19. The minimum Gasteiger partial charge on any atom is -0.456 e. The van der Waals surface area contributed by atoms with Gasteiger partial charge in [0.1, 0.15) is 11.5 Å². The van der Waals surface area contributed by atoms with Gasteiger partial charge in [0.15, 0.2) is 0 Å². The summed E-state index contributed by atoms with van der Waals surface area (Å²) in [6.45, 7) is 6.34. The van der Waals surface area contributed by atoms with Crippen LogP contribution in [-0.4, -0.2) is 4.98 Å². The molecule has 1 unspecified atom stereocenters. The Kier molecular flexibility index (Phi) is 4.74. The number of aromatic nitrogens is 1. The molecule has 1 aromatic heterocycles. The Morgan fingerprint density at radius 2 is 1.70 bits per heavy atom. The maximum absolute atomic E-state index is 5.78. The number of benzene rings is 1. The van der Waals surface area contributed by atoms with Crippen LogP contribution in [0, 0.1) is 0 Å². The van der Waals surface area contributed by atoms with E-state index in [-0.39, 0.29) is 6.04 Å². The number of rotatable bonds is 5. The van der Waals surface area contributed by atoms with Gasteiger partial charge in [0.25, 0.3) is 0 Å². The van der Waals surface area contributed by atoms with Crippen molar-refractivity contribution in [1.29, 1.82) is 0 Å². The van der Waals surface area contributed by atoms with Crippen molar-refractivity contribution in [3.05, 3.63) is 53.9 Å². The van der Waals surface area contributed by atoms with Crippen molar-refractivity contribution in [2.75, 3.05) is 0 Å². The van der Waals surface area contributed by atoms with Crippen LogP contribution < -0.4 is 10.5 Å². The first kappa shape index (κ1) is 14.5. The summed E-state index contributed by atoms with van der Waals surface area (Å²) >= 11 is 0. The minimum absolute atomic E-state index is 0.0566. The molecule has 20 heavy (non-hydrogen) atoms. The first-order valence-corrected chi connectivity index (χ1v) is 7.09. The van der Waals surface area contributed by atoms with Crippen molar-refractivity contribution in [2.24, 2.45) is 5.73 Å². The van der Waals surface area contributed by atoms with Gasteiger partial charge in [-0.2, -0.15) is 0 Å². The van der Waals surface area contributed by atoms with Gasteiger partial charge in [0.05, 0.1) is 11.9 Å². The van der Waals surface area contributed by atoms with Crippen LogP contribution in [0.4, 0.5) is 0 Å². The van der Waals surface area contributed by atoms with E-state index in [1.54, 1.807) is 6.20 Å². The highest BCUT2D eigenvalue weighted by Gasteiger charge is 2.05. The highest BCUT2D eigenvalue weighted by molar-refractivity contribution is 5.33. The molecule has 3 nitrogen and oxygen atoms in total. The van der Waals surface area contributed by atoms with E-state index in [2.05, 4.69) is 31.0 Å². The van der Waals surface area contributed by atoms with Gasteiger partial charge in [-0.05, 0) is 49.1 Å². The standard InChI is InChI=1S/C17H22N2O/c1-4-12(2)14-5-7-15(8-6-14)20-16-9-10-17(13(3)18)19-11-16/h5-13H,4,18H2,1-3H3/t12?,13-/m1/s1. The Balaban J connectivity index is 2.06. The molecule has 3 heteroatoms. The average Bonchev–Trinajstić information content (AvgIpc) is 2.48. The van der Waals surface area contributed by atoms with Crippen LogP contribution in [0.25, 0.3) is 0 Å². The van der Waals surface area contributed by atoms with E-state index >= 15 is 0 Å². The fourth-order valence-corrected chi connectivity index (χ4v) is 1.96. The molecular weight excluding hydrogens is 248 g/mol. The SMILES string of the molecule is CCC(C)c1ccc(Oc2ccc([C@@H](C)N)nc2)cc1. The number of hydrogen-bond acceptors (Lipinski definition) is 3. The molecule has 0 spiro atoms. The van der Waals surface area contributed by atoms with Gasteiger partial charge in [0, 0.05) is 6.04 Å². The van der Waals surface area contributed by atoms with E-state index < -0.39 is 0 Å². The van der Waals surface area contributed by atoms with Gasteiger partial charge in [-0.15, -0.1) is 0 Å². The molecule has 2 rings (SSSR count). The maximum atomic E-state index is 5.78. The smallest absolute Gasteiger partial charge is 0.145 e. The Bertz CT molecular complexity index is 532. The lowest BCUT2D eigenvalue weighted by Gasteiger charge is -2.11. The predicted octanol–water partition coefficient (Wildman–Crippen LogP) is 4.41. The third kappa shape index (κ3) is 3.58. The minimum atomic E-state index is -0.0566. The van der Waals surface area contributed by atoms with Crippen LogP contribution in [0.1, 0.15) is 50.4 Å². The van der Waals surface area contributed by atoms with Gasteiger partial charge in [-0.1, -0.05) is 26.0 Å². The van der Waals surface area contributed by atoms with E-state index in [1.165, 1.54) is 5.56 Å². The summed E-state index contributed by atoms with van der Waals surface area (Å²) in [6.07, 6.45) is 2.85. The molecule has 2 aromatic rings. The Hall–Kier alpha value is -1.87. The molecule has 0 bridgehead atoms. The van der Waals surface area contributed by atoms with Crippen molar-refractivity contribution >= 4 is 0 Å². The van der Waals surface area contributed by atoms with E-state index in [9.17, 15) is 0 Å². The normalized spacial score (nSPS) is 13.8. The first-order chi connectivity index (χ1) is 9.60. The monoisotopic (exact) mass is 270 g/mol. The number of nitrogens with two attached hydrogens (primary N) is 1. The zero-order valence-corrected chi connectivity index (χ0v) is 12.3. The van der Waals surface area contributed by atoms with Gasteiger partial charge in [-0.3, -0.25) is 4.98 Å². The van der Waals surface area contributed by atoms with Gasteiger partial charge in [0.2, 0.25) is 0 Å². The highest BCUT2D eigenvalue weighted by atomic mass is 16.5. The molecule has 0 aliphatic carbocycles. The van der Waals surface area contributed by atoms with Crippen molar-refractivity contribution in [3.8, 4) is 11.5 Å². The molecule has 2 atom stereocenters.